The predicted octanol–water partition coefficient (Wildman–Crippen LogP) is 3.43. The van der Waals surface area contributed by atoms with Crippen molar-refractivity contribution in [1.82, 2.24) is 0 Å². The molecule has 2 aliphatic rings. The number of benzene rings is 1. The molecule has 0 saturated heterocycles. The second-order valence-corrected chi connectivity index (χ2v) is 6.15. The zero-order valence-corrected chi connectivity index (χ0v) is 11.5. The highest BCUT2D eigenvalue weighted by atomic mass is 35.5. The summed E-state index contributed by atoms with van der Waals surface area (Å²) in [6, 6.07) is 6.09. The molecule has 1 aromatic rings. The molecule has 2 N–H and O–H groups in total. The highest BCUT2D eigenvalue weighted by molar-refractivity contribution is 6.33. The molecule has 0 aromatic heterocycles. The summed E-state index contributed by atoms with van der Waals surface area (Å²) in [7, 11) is 0. The van der Waals surface area contributed by atoms with Crippen LogP contribution in [0.15, 0.2) is 18.2 Å². The molecule has 0 aliphatic heterocycles. The molecular weight excluding hydrogens is 244 g/mol. The van der Waals surface area contributed by atoms with Crippen LogP contribution in [0, 0.1) is 11.8 Å². The highest BCUT2D eigenvalue weighted by Gasteiger charge is 2.30. The maximum absolute atomic E-state index is 6.41. The Hall–Kier alpha value is -0.730. The van der Waals surface area contributed by atoms with E-state index in [2.05, 4.69) is 11.0 Å². The molecule has 0 bridgehead atoms. The summed E-state index contributed by atoms with van der Waals surface area (Å²) >= 11 is 6.41. The van der Waals surface area contributed by atoms with Crippen LogP contribution in [0.4, 0.5) is 5.69 Å². The van der Waals surface area contributed by atoms with Crippen molar-refractivity contribution in [3.8, 4) is 0 Å². The molecule has 0 atom stereocenters. The third-order valence-electron chi connectivity index (χ3n) is 3.96. The first kappa shape index (κ1) is 12.3. The Kier molecular flexibility index (Phi) is 3.49. The summed E-state index contributed by atoms with van der Waals surface area (Å²) in [5, 5.41) is 0.860. The Bertz CT molecular complexity index is 411. The molecule has 18 heavy (non-hydrogen) atoms. The minimum absolute atomic E-state index is 0.571. The van der Waals surface area contributed by atoms with Crippen LogP contribution in [0.2, 0.25) is 5.02 Å². The van der Waals surface area contributed by atoms with Gasteiger partial charge in [0.05, 0.1) is 10.7 Å². The van der Waals surface area contributed by atoms with E-state index >= 15 is 0 Å². The van der Waals surface area contributed by atoms with Gasteiger partial charge in [0.2, 0.25) is 0 Å². The lowest BCUT2D eigenvalue weighted by Crippen LogP contribution is -2.29. The van der Waals surface area contributed by atoms with Gasteiger partial charge in [0.15, 0.2) is 0 Å². The van der Waals surface area contributed by atoms with Crippen LogP contribution < -0.4 is 10.6 Å². The lowest BCUT2D eigenvalue weighted by Gasteiger charge is -2.28. The van der Waals surface area contributed by atoms with Gasteiger partial charge in [-0.1, -0.05) is 23.7 Å². The maximum Gasteiger partial charge on any atom is 0.0642 e. The molecule has 2 aliphatic carbocycles. The van der Waals surface area contributed by atoms with Crippen molar-refractivity contribution in [2.75, 3.05) is 18.0 Å². The number of anilines is 1. The molecule has 2 fully saturated rings. The van der Waals surface area contributed by atoms with Gasteiger partial charge in [-0.15, -0.1) is 0 Å². The van der Waals surface area contributed by atoms with E-state index in [0.29, 0.717) is 6.54 Å². The lowest BCUT2D eigenvalue weighted by atomic mass is 10.1. The quantitative estimate of drug-likeness (QED) is 0.853. The van der Waals surface area contributed by atoms with E-state index in [9.17, 15) is 0 Å². The maximum atomic E-state index is 6.41. The van der Waals surface area contributed by atoms with Gasteiger partial charge >= 0.3 is 0 Å². The molecular formula is C15H21ClN2. The van der Waals surface area contributed by atoms with Crippen LogP contribution in [-0.2, 0) is 6.54 Å². The normalized spacial score (nSPS) is 19.0. The number of nitrogens with zero attached hydrogens (tertiary/aromatic N) is 1. The summed E-state index contributed by atoms with van der Waals surface area (Å²) in [6.07, 6.45) is 5.51. The second-order valence-electron chi connectivity index (χ2n) is 5.74. The van der Waals surface area contributed by atoms with Crippen LogP contribution in [-0.4, -0.2) is 13.1 Å². The van der Waals surface area contributed by atoms with Crippen LogP contribution in [0.1, 0.15) is 31.2 Å². The Morgan fingerprint density at radius 1 is 1.11 bits per heavy atom. The fourth-order valence-electron chi connectivity index (χ4n) is 2.56. The largest absolute Gasteiger partial charge is 0.370 e. The standard InChI is InChI=1S/C15H21ClN2/c16-14-3-1-2-13(8-17)15(14)18(9-11-4-5-11)10-12-6-7-12/h1-3,11-12H,4-10,17H2. The van der Waals surface area contributed by atoms with E-state index in [1.807, 2.05) is 12.1 Å². The van der Waals surface area contributed by atoms with E-state index in [0.717, 1.165) is 29.9 Å². The number of halogens is 1. The molecule has 0 heterocycles. The monoisotopic (exact) mass is 264 g/mol. The average molecular weight is 265 g/mol. The van der Waals surface area contributed by atoms with Gasteiger partial charge in [-0.05, 0) is 49.1 Å². The van der Waals surface area contributed by atoms with Crippen molar-refractivity contribution in [2.45, 2.75) is 32.2 Å². The Morgan fingerprint density at radius 2 is 1.72 bits per heavy atom. The van der Waals surface area contributed by atoms with Gasteiger partial charge in [0.1, 0.15) is 0 Å². The Labute approximate surface area is 114 Å². The minimum Gasteiger partial charge on any atom is -0.370 e. The van der Waals surface area contributed by atoms with E-state index < -0.39 is 0 Å². The summed E-state index contributed by atoms with van der Waals surface area (Å²) in [6.45, 7) is 2.89. The summed E-state index contributed by atoms with van der Waals surface area (Å²) < 4.78 is 0. The van der Waals surface area contributed by atoms with Gasteiger partial charge in [-0.2, -0.15) is 0 Å². The van der Waals surface area contributed by atoms with Gasteiger partial charge in [0.25, 0.3) is 0 Å². The van der Waals surface area contributed by atoms with Crippen molar-refractivity contribution in [3.05, 3.63) is 28.8 Å². The van der Waals surface area contributed by atoms with Gasteiger partial charge in [-0.3, -0.25) is 0 Å². The fraction of sp³-hybridized carbons (Fsp3) is 0.600. The third kappa shape index (κ3) is 2.81. The molecule has 1 aromatic carbocycles. The highest BCUT2D eigenvalue weighted by Crippen LogP contribution is 2.39. The SMILES string of the molecule is NCc1cccc(Cl)c1N(CC1CC1)CC1CC1. The third-order valence-corrected chi connectivity index (χ3v) is 4.26. The first-order chi connectivity index (χ1) is 8.78. The van der Waals surface area contributed by atoms with Crippen molar-refractivity contribution in [2.24, 2.45) is 17.6 Å². The van der Waals surface area contributed by atoms with Crippen LogP contribution in [0.3, 0.4) is 0 Å². The van der Waals surface area contributed by atoms with E-state index in [1.165, 1.54) is 36.9 Å². The number of rotatable bonds is 6. The van der Waals surface area contributed by atoms with Gasteiger partial charge in [-0.25, -0.2) is 0 Å². The molecule has 0 radical (unpaired) electrons. The molecule has 3 heteroatoms. The molecule has 2 nitrogen and oxygen atoms in total. The number of hydrogen-bond acceptors (Lipinski definition) is 2. The van der Waals surface area contributed by atoms with Crippen molar-refractivity contribution >= 4 is 17.3 Å². The molecule has 3 rings (SSSR count). The van der Waals surface area contributed by atoms with Crippen LogP contribution in [0.25, 0.3) is 0 Å². The fourth-order valence-corrected chi connectivity index (χ4v) is 2.87. The van der Waals surface area contributed by atoms with Gasteiger partial charge < -0.3 is 10.6 Å². The second kappa shape index (κ2) is 5.10. The Balaban J connectivity index is 1.86. The van der Waals surface area contributed by atoms with Gasteiger partial charge in [0, 0.05) is 19.6 Å². The van der Waals surface area contributed by atoms with E-state index in [4.69, 9.17) is 17.3 Å². The first-order valence-corrected chi connectivity index (χ1v) is 7.38. The topological polar surface area (TPSA) is 29.3 Å². The molecule has 0 spiro atoms. The summed E-state index contributed by atoms with van der Waals surface area (Å²) in [5.74, 6) is 1.76. The van der Waals surface area contributed by atoms with E-state index in [1.54, 1.807) is 0 Å². The summed E-state index contributed by atoms with van der Waals surface area (Å²) in [5.41, 5.74) is 8.24. The number of hydrogen-bond donors (Lipinski definition) is 1. The minimum atomic E-state index is 0.571. The van der Waals surface area contributed by atoms with Crippen LogP contribution >= 0.6 is 11.6 Å². The number of nitrogens with two attached hydrogens (primary N) is 1. The zero-order valence-electron chi connectivity index (χ0n) is 10.7. The van der Waals surface area contributed by atoms with Crippen LogP contribution in [0.5, 0.6) is 0 Å². The van der Waals surface area contributed by atoms with Crippen molar-refractivity contribution in [3.63, 3.8) is 0 Å². The average Bonchev–Trinajstić information content (AvgIpc) is 3.23. The van der Waals surface area contributed by atoms with Crippen molar-refractivity contribution < 1.29 is 0 Å². The molecule has 0 amide bonds. The number of para-hydroxylation sites is 1. The Morgan fingerprint density at radius 3 is 2.22 bits per heavy atom. The first-order valence-electron chi connectivity index (χ1n) is 7.00. The summed E-state index contributed by atoms with van der Waals surface area (Å²) in [4.78, 5) is 2.50. The van der Waals surface area contributed by atoms with E-state index in [-0.39, 0.29) is 0 Å². The molecule has 98 valence electrons. The zero-order chi connectivity index (χ0) is 12.5. The lowest BCUT2D eigenvalue weighted by molar-refractivity contribution is 0.676. The van der Waals surface area contributed by atoms with Crippen molar-refractivity contribution in [1.29, 1.82) is 0 Å². The smallest absolute Gasteiger partial charge is 0.0642 e. The molecule has 2 saturated carbocycles. The molecule has 0 unspecified atom stereocenters. The predicted molar refractivity (Wildman–Crippen MR) is 77.0 cm³/mol.